The van der Waals surface area contributed by atoms with Crippen LogP contribution in [0.5, 0.6) is 0 Å². The molecule has 1 N–H and O–H groups in total. The number of rotatable bonds is 4. The van der Waals surface area contributed by atoms with Crippen molar-refractivity contribution in [3.05, 3.63) is 30.3 Å². The lowest BCUT2D eigenvalue weighted by atomic mass is 9.64. The molecule has 0 amide bonds. The van der Waals surface area contributed by atoms with Crippen molar-refractivity contribution in [2.24, 2.45) is 11.8 Å². The predicted molar refractivity (Wildman–Crippen MR) is 91.6 cm³/mol. The molecule has 0 aromatic heterocycles. The van der Waals surface area contributed by atoms with Crippen LogP contribution in [-0.4, -0.2) is 5.54 Å². The van der Waals surface area contributed by atoms with Gasteiger partial charge in [-0.15, -0.1) is 0 Å². The molecule has 2 saturated carbocycles. The maximum Gasteiger partial charge on any atom is 0.131 e. The lowest BCUT2D eigenvalue weighted by Gasteiger charge is -2.45. The van der Waals surface area contributed by atoms with E-state index >= 15 is 0 Å². The summed E-state index contributed by atoms with van der Waals surface area (Å²) in [6.07, 6.45) is 12.7. The first-order chi connectivity index (χ1) is 10.8. The summed E-state index contributed by atoms with van der Waals surface area (Å²) in [5, 5.41) is 14.0. The molecule has 0 spiro atoms. The molecule has 1 aromatic rings. The Kier molecular flexibility index (Phi) is 5.03. The summed E-state index contributed by atoms with van der Waals surface area (Å²) in [6.45, 7) is 0. The van der Waals surface area contributed by atoms with Gasteiger partial charge in [-0.1, -0.05) is 56.7 Å². The van der Waals surface area contributed by atoms with Gasteiger partial charge in [0.15, 0.2) is 0 Å². The molecule has 2 nitrogen and oxygen atoms in total. The molecule has 118 valence electrons. The van der Waals surface area contributed by atoms with Crippen LogP contribution in [0.15, 0.2) is 30.3 Å². The maximum atomic E-state index is 10.2. The van der Waals surface area contributed by atoms with Gasteiger partial charge in [0.25, 0.3) is 0 Å². The number of hydrogen-bond donors (Lipinski definition) is 1. The fraction of sp³-hybridized carbons (Fsp3) is 0.650. The number of nitrogens with zero attached hydrogens (tertiary/aromatic N) is 1. The highest BCUT2D eigenvalue weighted by Crippen LogP contribution is 2.44. The van der Waals surface area contributed by atoms with Crippen molar-refractivity contribution in [3.8, 4) is 6.07 Å². The van der Waals surface area contributed by atoms with Gasteiger partial charge in [-0.25, -0.2) is 0 Å². The Morgan fingerprint density at radius 3 is 1.77 bits per heavy atom. The lowest BCUT2D eigenvalue weighted by molar-refractivity contribution is 0.169. The summed E-state index contributed by atoms with van der Waals surface area (Å²) in [5.41, 5.74) is 0.752. The predicted octanol–water partition coefficient (Wildman–Crippen LogP) is 5.52. The minimum absolute atomic E-state index is 0.359. The monoisotopic (exact) mass is 296 g/mol. The fourth-order valence-corrected chi connectivity index (χ4v) is 4.62. The molecule has 3 rings (SSSR count). The van der Waals surface area contributed by atoms with Gasteiger partial charge in [0.1, 0.15) is 5.54 Å². The molecule has 0 unspecified atom stereocenters. The van der Waals surface area contributed by atoms with Crippen LogP contribution >= 0.6 is 0 Å². The van der Waals surface area contributed by atoms with Crippen LogP contribution in [0.1, 0.15) is 64.2 Å². The maximum absolute atomic E-state index is 10.2. The van der Waals surface area contributed by atoms with Gasteiger partial charge in [0.2, 0.25) is 0 Å². The average Bonchev–Trinajstić information content (AvgIpc) is 2.62. The molecular formula is C20H28N2. The first-order valence-electron chi connectivity index (χ1n) is 9.09. The van der Waals surface area contributed by atoms with E-state index in [2.05, 4.69) is 35.7 Å². The molecule has 2 heteroatoms. The largest absolute Gasteiger partial charge is 0.367 e. The topological polar surface area (TPSA) is 35.8 Å². The Morgan fingerprint density at radius 1 is 0.818 bits per heavy atom. The molecule has 0 heterocycles. The van der Waals surface area contributed by atoms with Crippen LogP contribution in [0.2, 0.25) is 0 Å². The summed E-state index contributed by atoms with van der Waals surface area (Å²) in [4.78, 5) is 0. The van der Waals surface area contributed by atoms with Crippen molar-refractivity contribution >= 4 is 5.69 Å². The molecule has 0 bridgehead atoms. The standard InChI is InChI=1S/C20H28N2/c21-16-20(17-10-4-1-5-11-17,18-12-6-2-7-13-18)22-19-14-8-3-9-15-19/h3,8-9,14-15,17-18,22H,1-2,4-7,10-13H2. The summed E-state index contributed by atoms with van der Waals surface area (Å²) in [6, 6.07) is 13.2. The lowest BCUT2D eigenvalue weighted by Crippen LogP contribution is -2.52. The van der Waals surface area contributed by atoms with Crippen LogP contribution in [0.3, 0.4) is 0 Å². The van der Waals surface area contributed by atoms with Crippen molar-refractivity contribution in [2.75, 3.05) is 5.32 Å². The van der Waals surface area contributed by atoms with Crippen molar-refractivity contribution in [1.29, 1.82) is 5.26 Å². The zero-order valence-electron chi connectivity index (χ0n) is 13.6. The quantitative estimate of drug-likeness (QED) is 0.794. The highest BCUT2D eigenvalue weighted by Gasteiger charge is 2.46. The molecule has 0 radical (unpaired) electrons. The Morgan fingerprint density at radius 2 is 1.32 bits per heavy atom. The number of benzene rings is 1. The molecule has 22 heavy (non-hydrogen) atoms. The molecule has 2 aliphatic rings. The van der Waals surface area contributed by atoms with Crippen LogP contribution in [0.25, 0.3) is 0 Å². The van der Waals surface area contributed by atoms with Crippen molar-refractivity contribution in [3.63, 3.8) is 0 Å². The van der Waals surface area contributed by atoms with E-state index in [1.807, 2.05) is 6.07 Å². The van der Waals surface area contributed by atoms with Crippen LogP contribution in [0, 0.1) is 23.2 Å². The summed E-state index contributed by atoms with van der Waals surface area (Å²) in [7, 11) is 0. The molecule has 0 atom stereocenters. The van der Waals surface area contributed by atoms with E-state index in [4.69, 9.17) is 0 Å². The first kappa shape index (κ1) is 15.4. The van der Waals surface area contributed by atoms with E-state index in [-0.39, 0.29) is 5.54 Å². The van der Waals surface area contributed by atoms with Gasteiger partial charge >= 0.3 is 0 Å². The van der Waals surface area contributed by atoms with Gasteiger partial charge in [0, 0.05) is 5.69 Å². The number of nitriles is 1. The summed E-state index contributed by atoms with van der Waals surface area (Å²) in [5.74, 6) is 1.02. The Hall–Kier alpha value is -1.49. The van der Waals surface area contributed by atoms with E-state index in [0.717, 1.165) is 5.69 Å². The van der Waals surface area contributed by atoms with Gasteiger partial charge in [-0.2, -0.15) is 5.26 Å². The van der Waals surface area contributed by atoms with Crippen molar-refractivity contribution < 1.29 is 0 Å². The summed E-state index contributed by atoms with van der Waals surface area (Å²) < 4.78 is 0. The number of para-hydroxylation sites is 1. The number of hydrogen-bond acceptors (Lipinski definition) is 2. The molecule has 0 saturated heterocycles. The van der Waals surface area contributed by atoms with Crippen LogP contribution < -0.4 is 5.32 Å². The van der Waals surface area contributed by atoms with E-state index in [9.17, 15) is 5.26 Å². The minimum Gasteiger partial charge on any atom is -0.367 e. The smallest absolute Gasteiger partial charge is 0.131 e. The van der Waals surface area contributed by atoms with Crippen molar-refractivity contribution in [2.45, 2.75) is 69.7 Å². The Balaban J connectivity index is 1.90. The molecule has 1 aromatic carbocycles. The Labute approximate surface area is 134 Å². The molecule has 2 fully saturated rings. The third kappa shape index (κ3) is 3.14. The van der Waals surface area contributed by atoms with E-state index in [1.165, 1.54) is 64.2 Å². The summed E-state index contributed by atoms with van der Waals surface area (Å²) >= 11 is 0. The molecular weight excluding hydrogens is 268 g/mol. The second-order valence-corrected chi connectivity index (χ2v) is 7.14. The van der Waals surface area contributed by atoms with Crippen molar-refractivity contribution in [1.82, 2.24) is 0 Å². The van der Waals surface area contributed by atoms with E-state index in [1.54, 1.807) is 0 Å². The van der Waals surface area contributed by atoms with Gasteiger partial charge in [-0.3, -0.25) is 0 Å². The van der Waals surface area contributed by atoms with E-state index in [0.29, 0.717) is 11.8 Å². The molecule has 2 aliphatic carbocycles. The minimum atomic E-state index is -0.359. The number of nitrogens with one attached hydrogen (secondary N) is 1. The zero-order chi connectivity index (χ0) is 15.3. The van der Waals surface area contributed by atoms with E-state index < -0.39 is 0 Å². The SMILES string of the molecule is N#CC(Nc1ccccc1)(C1CCCCC1)C1CCCCC1. The highest BCUT2D eigenvalue weighted by molar-refractivity contribution is 5.48. The van der Waals surface area contributed by atoms with Gasteiger partial charge < -0.3 is 5.32 Å². The normalized spacial score (nSPS) is 21.2. The molecule has 0 aliphatic heterocycles. The van der Waals surface area contributed by atoms with Crippen LogP contribution in [0.4, 0.5) is 5.69 Å². The Bertz CT molecular complexity index is 472. The fourth-order valence-electron chi connectivity index (χ4n) is 4.62. The van der Waals surface area contributed by atoms with Gasteiger partial charge in [0.05, 0.1) is 6.07 Å². The third-order valence-corrected chi connectivity index (χ3v) is 5.81. The first-order valence-corrected chi connectivity index (χ1v) is 9.09. The van der Waals surface area contributed by atoms with Gasteiger partial charge in [-0.05, 0) is 49.7 Å². The second kappa shape index (κ2) is 7.18. The van der Waals surface area contributed by atoms with Crippen LogP contribution in [-0.2, 0) is 0 Å². The average molecular weight is 296 g/mol. The second-order valence-electron chi connectivity index (χ2n) is 7.14. The zero-order valence-corrected chi connectivity index (χ0v) is 13.6. The third-order valence-electron chi connectivity index (χ3n) is 5.81. The number of anilines is 1. The highest BCUT2D eigenvalue weighted by atomic mass is 15.0.